The van der Waals surface area contributed by atoms with Gasteiger partial charge in [0, 0.05) is 5.69 Å². The van der Waals surface area contributed by atoms with Crippen LogP contribution in [0.15, 0.2) is 42.5 Å². The first-order chi connectivity index (χ1) is 10.3. The van der Waals surface area contributed by atoms with E-state index in [1.807, 2.05) is 37.3 Å². The summed E-state index contributed by atoms with van der Waals surface area (Å²) in [5, 5.41) is 12.9. The van der Waals surface area contributed by atoms with Crippen molar-refractivity contribution >= 4 is 32.4 Å². The molecular formula is C16H13N3OS. The number of fused-ring (bicyclic) bond motifs is 1. The number of nitriles is 1. The van der Waals surface area contributed by atoms with Gasteiger partial charge in [0.05, 0.1) is 28.5 Å². The smallest absolute Gasteiger partial charge is 0.188 e. The molecule has 4 nitrogen and oxygen atoms in total. The van der Waals surface area contributed by atoms with Crippen molar-refractivity contribution in [3.05, 3.63) is 48.0 Å². The molecule has 0 bridgehead atoms. The SMILES string of the molecule is CCOc1ccc2nc(Nc3ccc(C#N)cc3)sc2c1. The van der Waals surface area contributed by atoms with Crippen molar-refractivity contribution in [1.82, 2.24) is 4.98 Å². The summed E-state index contributed by atoms with van der Waals surface area (Å²) < 4.78 is 6.58. The number of aromatic nitrogens is 1. The van der Waals surface area contributed by atoms with Gasteiger partial charge in [-0.3, -0.25) is 0 Å². The average Bonchev–Trinajstić information content (AvgIpc) is 2.90. The third kappa shape index (κ3) is 2.96. The Hall–Kier alpha value is -2.58. The van der Waals surface area contributed by atoms with Crippen LogP contribution in [-0.4, -0.2) is 11.6 Å². The second-order valence-electron chi connectivity index (χ2n) is 4.40. The molecule has 1 N–H and O–H groups in total. The number of anilines is 2. The summed E-state index contributed by atoms with van der Waals surface area (Å²) in [6.07, 6.45) is 0. The zero-order chi connectivity index (χ0) is 14.7. The van der Waals surface area contributed by atoms with Crippen molar-refractivity contribution in [2.45, 2.75) is 6.92 Å². The second kappa shape index (κ2) is 5.81. The number of nitrogens with one attached hydrogen (secondary N) is 1. The molecule has 0 spiro atoms. The molecule has 0 amide bonds. The molecule has 0 unspecified atom stereocenters. The number of benzene rings is 2. The Morgan fingerprint density at radius 2 is 2.05 bits per heavy atom. The van der Waals surface area contributed by atoms with E-state index < -0.39 is 0 Å². The first-order valence-corrected chi connectivity index (χ1v) is 7.40. The highest BCUT2D eigenvalue weighted by Crippen LogP contribution is 2.31. The van der Waals surface area contributed by atoms with Gasteiger partial charge in [0.15, 0.2) is 5.13 Å². The summed E-state index contributed by atoms with van der Waals surface area (Å²) in [6, 6.07) is 15.3. The highest BCUT2D eigenvalue weighted by Gasteiger charge is 2.05. The largest absolute Gasteiger partial charge is 0.494 e. The lowest BCUT2D eigenvalue weighted by atomic mass is 10.2. The Kier molecular flexibility index (Phi) is 3.71. The topological polar surface area (TPSA) is 57.9 Å². The summed E-state index contributed by atoms with van der Waals surface area (Å²) in [4.78, 5) is 4.54. The Morgan fingerprint density at radius 1 is 1.24 bits per heavy atom. The van der Waals surface area contributed by atoms with Crippen LogP contribution in [-0.2, 0) is 0 Å². The standard InChI is InChI=1S/C16H13N3OS/c1-2-20-13-7-8-14-15(9-13)21-16(19-14)18-12-5-3-11(10-17)4-6-12/h3-9H,2H2,1H3,(H,18,19). The van der Waals surface area contributed by atoms with E-state index in [4.69, 9.17) is 10.00 Å². The number of hydrogen-bond acceptors (Lipinski definition) is 5. The number of ether oxygens (including phenoxy) is 1. The van der Waals surface area contributed by atoms with E-state index in [2.05, 4.69) is 16.4 Å². The van der Waals surface area contributed by atoms with Gasteiger partial charge < -0.3 is 10.1 Å². The highest BCUT2D eigenvalue weighted by atomic mass is 32.1. The lowest BCUT2D eigenvalue weighted by Crippen LogP contribution is -1.90. The molecule has 0 aliphatic carbocycles. The van der Waals surface area contributed by atoms with Crippen molar-refractivity contribution in [3.63, 3.8) is 0 Å². The molecule has 2 aromatic carbocycles. The molecule has 1 aromatic heterocycles. The Morgan fingerprint density at radius 3 is 2.76 bits per heavy atom. The van der Waals surface area contributed by atoms with Crippen LogP contribution in [0.3, 0.4) is 0 Å². The molecule has 5 heteroatoms. The minimum absolute atomic E-state index is 0.645. The highest BCUT2D eigenvalue weighted by molar-refractivity contribution is 7.22. The molecule has 0 radical (unpaired) electrons. The lowest BCUT2D eigenvalue weighted by Gasteiger charge is -2.01. The van der Waals surface area contributed by atoms with E-state index in [0.29, 0.717) is 12.2 Å². The van der Waals surface area contributed by atoms with Crippen LogP contribution in [0.4, 0.5) is 10.8 Å². The predicted octanol–water partition coefficient (Wildman–Crippen LogP) is 4.31. The molecule has 0 atom stereocenters. The van der Waals surface area contributed by atoms with Crippen molar-refractivity contribution in [1.29, 1.82) is 5.26 Å². The Balaban J connectivity index is 1.85. The molecule has 0 aliphatic rings. The fourth-order valence-corrected chi connectivity index (χ4v) is 2.88. The summed E-state index contributed by atoms with van der Waals surface area (Å²) in [5.41, 5.74) is 2.50. The van der Waals surface area contributed by atoms with E-state index in [1.165, 1.54) is 0 Å². The van der Waals surface area contributed by atoms with Crippen LogP contribution in [0.1, 0.15) is 12.5 Å². The lowest BCUT2D eigenvalue weighted by molar-refractivity contribution is 0.341. The number of thiazole rings is 1. The van der Waals surface area contributed by atoms with E-state index >= 15 is 0 Å². The van der Waals surface area contributed by atoms with Crippen LogP contribution < -0.4 is 10.1 Å². The zero-order valence-electron chi connectivity index (χ0n) is 11.5. The molecule has 104 valence electrons. The van der Waals surface area contributed by atoms with Gasteiger partial charge in [-0.25, -0.2) is 4.98 Å². The molecule has 0 aliphatic heterocycles. The molecule has 0 fully saturated rings. The maximum absolute atomic E-state index is 8.79. The van der Waals surface area contributed by atoms with Gasteiger partial charge in [-0.2, -0.15) is 5.26 Å². The molecule has 0 saturated carbocycles. The van der Waals surface area contributed by atoms with E-state index in [0.717, 1.165) is 26.8 Å². The van der Waals surface area contributed by atoms with Crippen LogP contribution in [0.2, 0.25) is 0 Å². The molecule has 3 rings (SSSR count). The Labute approximate surface area is 126 Å². The minimum atomic E-state index is 0.645. The zero-order valence-corrected chi connectivity index (χ0v) is 12.3. The van der Waals surface area contributed by atoms with Gasteiger partial charge in [0.1, 0.15) is 5.75 Å². The monoisotopic (exact) mass is 295 g/mol. The van der Waals surface area contributed by atoms with Gasteiger partial charge >= 0.3 is 0 Å². The average molecular weight is 295 g/mol. The van der Waals surface area contributed by atoms with Crippen LogP contribution in [0.5, 0.6) is 5.75 Å². The summed E-state index contributed by atoms with van der Waals surface area (Å²) in [5.74, 6) is 0.860. The van der Waals surface area contributed by atoms with Gasteiger partial charge in [-0.1, -0.05) is 11.3 Å². The van der Waals surface area contributed by atoms with Crippen molar-refractivity contribution in [3.8, 4) is 11.8 Å². The third-order valence-corrected chi connectivity index (χ3v) is 3.87. The Bertz CT molecular complexity index is 802. The van der Waals surface area contributed by atoms with Gasteiger partial charge in [0.25, 0.3) is 0 Å². The van der Waals surface area contributed by atoms with Gasteiger partial charge in [0.2, 0.25) is 0 Å². The first kappa shape index (κ1) is 13.4. The molecule has 1 heterocycles. The molecule has 21 heavy (non-hydrogen) atoms. The third-order valence-electron chi connectivity index (χ3n) is 2.94. The van der Waals surface area contributed by atoms with Gasteiger partial charge in [-0.15, -0.1) is 0 Å². The number of nitrogens with zero attached hydrogens (tertiary/aromatic N) is 2. The molecule has 0 saturated heterocycles. The van der Waals surface area contributed by atoms with E-state index in [9.17, 15) is 0 Å². The molecular weight excluding hydrogens is 282 g/mol. The van der Waals surface area contributed by atoms with E-state index in [-0.39, 0.29) is 0 Å². The first-order valence-electron chi connectivity index (χ1n) is 6.59. The minimum Gasteiger partial charge on any atom is -0.494 e. The second-order valence-corrected chi connectivity index (χ2v) is 5.43. The van der Waals surface area contributed by atoms with E-state index in [1.54, 1.807) is 23.5 Å². The fourth-order valence-electron chi connectivity index (χ4n) is 1.97. The summed E-state index contributed by atoms with van der Waals surface area (Å²) in [7, 11) is 0. The summed E-state index contributed by atoms with van der Waals surface area (Å²) >= 11 is 1.57. The van der Waals surface area contributed by atoms with Crippen LogP contribution in [0, 0.1) is 11.3 Å². The maximum atomic E-state index is 8.79. The van der Waals surface area contributed by atoms with Crippen molar-refractivity contribution in [2.75, 3.05) is 11.9 Å². The molecule has 3 aromatic rings. The van der Waals surface area contributed by atoms with Crippen LogP contribution >= 0.6 is 11.3 Å². The predicted molar refractivity (Wildman–Crippen MR) is 85.2 cm³/mol. The number of hydrogen-bond donors (Lipinski definition) is 1. The van der Waals surface area contributed by atoms with Gasteiger partial charge in [-0.05, 0) is 49.4 Å². The van der Waals surface area contributed by atoms with Crippen molar-refractivity contribution < 1.29 is 4.74 Å². The summed E-state index contributed by atoms with van der Waals surface area (Å²) in [6.45, 7) is 2.62. The van der Waals surface area contributed by atoms with Crippen LogP contribution in [0.25, 0.3) is 10.2 Å². The number of rotatable bonds is 4. The van der Waals surface area contributed by atoms with Crippen molar-refractivity contribution in [2.24, 2.45) is 0 Å². The fraction of sp³-hybridized carbons (Fsp3) is 0.125. The quantitative estimate of drug-likeness (QED) is 0.779. The normalized spacial score (nSPS) is 10.3. The maximum Gasteiger partial charge on any atom is 0.188 e.